The lowest BCUT2D eigenvalue weighted by Gasteiger charge is -2.16. The van der Waals surface area contributed by atoms with Crippen LogP contribution in [0.25, 0.3) is 0 Å². The molecule has 1 fully saturated rings. The SMILES string of the molecule is CC(=O)c1cccc(NC(=O)C2(C(=O)Nc3cccc(C(C)=O)c3)CC2)c1. The minimum Gasteiger partial charge on any atom is -0.325 e. The maximum absolute atomic E-state index is 12.7. The van der Waals surface area contributed by atoms with Crippen molar-refractivity contribution >= 4 is 34.8 Å². The predicted octanol–water partition coefficient (Wildman–Crippen LogP) is 3.45. The second-order valence-electron chi connectivity index (χ2n) is 6.76. The third-order valence-electron chi connectivity index (χ3n) is 4.67. The fourth-order valence-electron chi connectivity index (χ4n) is 2.82. The molecular formula is C21H20N2O4. The number of hydrogen-bond donors (Lipinski definition) is 2. The highest BCUT2D eigenvalue weighted by Gasteiger charge is 2.56. The van der Waals surface area contributed by atoms with E-state index in [0.717, 1.165) is 0 Å². The molecule has 0 aromatic heterocycles. The van der Waals surface area contributed by atoms with E-state index >= 15 is 0 Å². The number of hydrogen-bond acceptors (Lipinski definition) is 4. The van der Waals surface area contributed by atoms with Crippen molar-refractivity contribution in [3.8, 4) is 0 Å². The summed E-state index contributed by atoms with van der Waals surface area (Å²) in [6.07, 6.45) is 0.896. The van der Waals surface area contributed by atoms with Gasteiger partial charge in [-0.25, -0.2) is 0 Å². The van der Waals surface area contributed by atoms with Crippen molar-refractivity contribution in [2.24, 2.45) is 5.41 Å². The average Bonchev–Trinajstić information content (AvgIpc) is 3.44. The Balaban J connectivity index is 1.72. The van der Waals surface area contributed by atoms with E-state index in [0.29, 0.717) is 35.3 Å². The number of carbonyl (C=O) groups is 4. The molecule has 0 atom stereocenters. The summed E-state index contributed by atoms with van der Waals surface area (Å²) in [5.74, 6) is -1.00. The first-order valence-corrected chi connectivity index (χ1v) is 8.67. The third kappa shape index (κ3) is 3.95. The van der Waals surface area contributed by atoms with Crippen LogP contribution in [-0.2, 0) is 9.59 Å². The van der Waals surface area contributed by atoms with E-state index in [1.165, 1.54) is 13.8 Å². The molecule has 0 aliphatic heterocycles. The quantitative estimate of drug-likeness (QED) is 0.606. The molecule has 6 nitrogen and oxygen atoms in total. The van der Waals surface area contributed by atoms with E-state index in [-0.39, 0.29) is 11.6 Å². The Morgan fingerprint density at radius 3 is 1.48 bits per heavy atom. The van der Waals surface area contributed by atoms with Gasteiger partial charge in [0.05, 0.1) is 0 Å². The molecule has 0 radical (unpaired) electrons. The summed E-state index contributed by atoms with van der Waals surface area (Å²) in [7, 11) is 0. The molecule has 2 aromatic rings. The molecule has 2 N–H and O–H groups in total. The van der Waals surface area contributed by atoms with Crippen molar-refractivity contribution in [3.05, 3.63) is 59.7 Å². The molecule has 0 unspecified atom stereocenters. The maximum Gasteiger partial charge on any atom is 0.240 e. The Morgan fingerprint density at radius 2 is 1.15 bits per heavy atom. The zero-order valence-corrected chi connectivity index (χ0v) is 15.2. The van der Waals surface area contributed by atoms with E-state index < -0.39 is 17.2 Å². The predicted molar refractivity (Wildman–Crippen MR) is 102 cm³/mol. The summed E-state index contributed by atoms with van der Waals surface area (Å²) in [5, 5.41) is 5.46. The number of rotatable bonds is 6. The van der Waals surface area contributed by atoms with Gasteiger partial charge in [0.1, 0.15) is 5.41 Å². The van der Waals surface area contributed by atoms with E-state index in [1.54, 1.807) is 48.5 Å². The normalized spacial score (nSPS) is 14.1. The average molecular weight is 364 g/mol. The van der Waals surface area contributed by atoms with E-state index in [9.17, 15) is 19.2 Å². The van der Waals surface area contributed by atoms with Crippen LogP contribution in [0.4, 0.5) is 11.4 Å². The van der Waals surface area contributed by atoms with Crippen LogP contribution in [0, 0.1) is 5.41 Å². The molecule has 0 saturated heterocycles. The van der Waals surface area contributed by atoms with Gasteiger partial charge in [-0.05, 0) is 51.0 Å². The van der Waals surface area contributed by atoms with Crippen molar-refractivity contribution in [2.75, 3.05) is 10.6 Å². The molecular weight excluding hydrogens is 344 g/mol. The van der Waals surface area contributed by atoms with E-state index in [2.05, 4.69) is 10.6 Å². The summed E-state index contributed by atoms with van der Waals surface area (Å²) in [6.45, 7) is 2.90. The first-order valence-electron chi connectivity index (χ1n) is 8.67. The van der Waals surface area contributed by atoms with Crippen molar-refractivity contribution in [3.63, 3.8) is 0 Å². The molecule has 1 aliphatic rings. The number of carbonyl (C=O) groups excluding carboxylic acids is 4. The Morgan fingerprint density at radius 1 is 0.741 bits per heavy atom. The van der Waals surface area contributed by atoms with Crippen LogP contribution in [0.1, 0.15) is 47.4 Å². The second-order valence-corrected chi connectivity index (χ2v) is 6.76. The summed E-state index contributed by atoms with van der Waals surface area (Å²) in [4.78, 5) is 48.3. The smallest absolute Gasteiger partial charge is 0.240 e. The number of ketones is 2. The summed E-state index contributed by atoms with van der Waals surface area (Å²) in [6, 6.07) is 13.2. The van der Waals surface area contributed by atoms with Crippen LogP contribution in [0.3, 0.4) is 0 Å². The van der Waals surface area contributed by atoms with Gasteiger partial charge in [-0.15, -0.1) is 0 Å². The first-order chi connectivity index (χ1) is 12.8. The van der Waals surface area contributed by atoms with Gasteiger partial charge in [-0.3, -0.25) is 19.2 Å². The molecule has 0 heterocycles. The first kappa shape index (κ1) is 18.5. The number of nitrogens with one attached hydrogen (secondary N) is 2. The molecule has 6 heteroatoms. The highest BCUT2D eigenvalue weighted by molar-refractivity contribution is 6.17. The molecule has 3 rings (SSSR count). The van der Waals surface area contributed by atoms with Gasteiger partial charge in [0.2, 0.25) is 11.8 Å². The van der Waals surface area contributed by atoms with Crippen LogP contribution >= 0.6 is 0 Å². The topological polar surface area (TPSA) is 92.3 Å². The largest absolute Gasteiger partial charge is 0.325 e. The van der Waals surface area contributed by atoms with Crippen LogP contribution in [0.2, 0.25) is 0 Å². The molecule has 1 aliphatic carbocycles. The number of Topliss-reactive ketones (excluding diaryl/α,β-unsaturated/α-hetero) is 2. The zero-order chi connectivity index (χ0) is 19.6. The lowest BCUT2D eigenvalue weighted by Crippen LogP contribution is -2.35. The Labute approximate surface area is 157 Å². The molecule has 2 aromatic carbocycles. The van der Waals surface area contributed by atoms with Gasteiger partial charge in [0, 0.05) is 22.5 Å². The minimum atomic E-state index is -1.13. The maximum atomic E-state index is 12.7. The highest BCUT2D eigenvalue weighted by Crippen LogP contribution is 2.47. The summed E-state index contributed by atoms with van der Waals surface area (Å²) in [5.41, 5.74) is 0.806. The third-order valence-corrected chi connectivity index (χ3v) is 4.67. The molecule has 138 valence electrons. The lowest BCUT2D eigenvalue weighted by atomic mass is 10.0. The Kier molecular flexibility index (Phi) is 4.90. The Bertz CT molecular complexity index is 871. The lowest BCUT2D eigenvalue weighted by molar-refractivity contribution is -0.131. The van der Waals surface area contributed by atoms with E-state index in [4.69, 9.17) is 0 Å². The van der Waals surface area contributed by atoms with Crippen LogP contribution in [-0.4, -0.2) is 23.4 Å². The second kappa shape index (κ2) is 7.15. The van der Waals surface area contributed by atoms with Crippen LogP contribution < -0.4 is 10.6 Å². The van der Waals surface area contributed by atoms with E-state index in [1.807, 2.05) is 0 Å². The summed E-state index contributed by atoms with van der Waals surface area (Å²) >= 11 is 0. The molecule has 0 spiro atoms. The molecule has 2 amide bonds. The van der Waals surface area contributed by atoms with Crippen molar-refractivity contribution in [1.82, 2.24) is 0 Å². The molecule has 0 bridgehead atoms. The fourth-order valence-corrected chi connectivity index (χ4v) is 2.82. The molecule has 27 heavy (non-hydrogen) atoms. The van der Waals surface area contributed by atoms with Gasteiger partial charge < -0.3 is 10.6 Å². The highest BCUT2D eigenvalue weighted by atomic mass is 16.2. The van der Waals surface area contributed by atoms with Crippen molar-refractivity contribution in [1.29, 1.82) is 0 Å². The van der Waals surface area contributed by atoms with Gasteiger partial charge in [-0.1, -0.05) is 24.3 Å². The van der Waals surface area contributed by atoms with Gasteiger partial charge in [-0.2, -0.15) is 0 Å². The zero-order valence-electron chi connectivity index (χ0n) is 15.2. The molecule has 1 saturated carbocycles. The summed E-state index contributed by atoms with van der Waals surface area (Å²) < 4.78 is 0. The number of benzene rings is 2. The van der Waals surface area contributed by atoms with Crippen molar-refractivity contribution in [2.45, 2.75) is 26.7 Å². The Hall–Kier alpha value is -3.28. The van der Waals surface area contributed by atoms with Crippen LogP contribution in [0.5, 0.6) is 0 Å². The number of anilines is 2. The minimum absolute atomic E-state index is 0.102. The standard InChI is InChI=1S/C21H20N2O4/c1-13(24)15-5-3-7-17(11-15)22-19(26)21(9-10-21)20(27)23-18-8-4-6-16(12-18)14(2)25/h3-8,11-12H,9-10H2,1-2H3,(H,22,26)(H,23,27). The monoisotopic (exact) mass is 364 g/mol. The van der Waals surface area contributed by atoms with Gasteiger partial charge >= 0.3 is 0 Å². The van der Waals surface area contributed by atoms with Crippen LogP contribution in [0.15, 0.2) is 48.5 Å². The van der Waals surface area contributed by atoms with Gasteiger partial charge in [0.25, 0.3) is 0 Å². The van der Waals surface area contributed by atoms with Crippen molar-refractivity contribution < 1.29 is 19.2 Å². The number of amides is 2. The fraction of sp³-hybridized carbons (Fsp3) is 0.238. The van der Waals surface area contributed by atoms with Gasteiger partial charge in [0.15, 0.2) is 11.6 Å².